The number of phenols is 1. The van der Waals surface area contributed by atoms with Crippen molar-refractivity contribution in [1.82, 2.24) is 9.97 Å². The van der Waals surface area contributed by atoms with Gasteiger partial charge in [-0.25, -0.2) is 9.97 Å². The number of hydrogen-bond donors (Lipinski definition) is 1. The van der Waals surface area contributed by atoms with Gasteiger partial charge in [-0.2, -0.15) is 0 Å². The molecule has 0 fully saturated rings. The number of phenolic OH excluding ortho intramolecular Hbond substituents is 1. The lowest BCUT2D eigenvalue weighted by Crippen LogP contribution is -2.11. The molecule has 6 rings (SSSR count). The largest absolute Gasteiger partial charge is 0.507 e. The number of aromatic nitrogens is 2. The van der Waals surface area contributed by atoms with Gasteiger partial charge in [0.15, 0.2) is 0 Å². The van der Waals surface area contributed by atoms with E-state index in [0.717, 1.165) is 51.7 Å². The molecule has 4 nitrogen and oxygen atoms in total. The van der Waals surface area contributed by atoms with Crippen molar-refractivity contribution < 1.29 is 5.11 Å². The van der Waals surface area contributed by atoms with E-state index < -0.39 is 0 Å². The number of anilines is 3. The SMILES string of the molecule is Oc1ccc(Cc2ccccc2)cc1-c1cccc(-c2cccc(N(c3ccccc3)c3ccccn3)c2)n1. The van der Waals surface area contributed by atoms with Crippen LogP contribution in [0.4, 0.5) is 17.2 Å². The highest BCUT2D eigenvalue weighted by Crippen LogP contribution is 2.36. The normalized spacial score (nSPS) is 10.8. The molecule has 0 radical (unpaired) electrons. The van der Waals surface area contributed by atoms with Crippen LogP contribution in [0, 0.1) is 0 Å². The molecule has 0 unspecified atom stereocenters. The summed E-state index contributed by atoms with van der Waals surface area (Å²) in [5.41, 5.74) is 7.62. The van der Waals surface area contributed by atoms with Crippen molar-refractivity contribution in [2.45, 2.75) is 6.42 Å². The summed E-state index contributed by atoms with van der Waals surface area (Å²) >= 11 is 0. The summed E-state index contributed by atoms with van der Waals surface area (Å²) in [6.45, 7) is 0. The molecule has 0 atom stereocenters. The average Bonchev–Trinajstić information content (AvgIpc) is 3.00. The maximum atomic E-state index is 10.7. The van der Waals surface area contributed by atoms with Gasteiger partial charge in [-0.3, -0.25) is 4.90 Å². The summed E-state index contributed by atoms with van der Waals surface area (Å²) in [7, 11) is 0. The molecule has 6 aromatic rings. The molecule has 0 amide bonds. The van der Waals surface area contributed by atoms with Crippen LogP contribution in [-0.4, -0.2) is 15.1 Å². The summed E-state index contributed by atoms with van der Waals surface area (Å²) in [5, 5.41) is 10.7. The minimum atomic E-state index is 0.218. The molecule has 188 valence electrons. The Bertz CT molecular complexity index is 1650. The van der Waals surface area contributed by atoms with Crippen LogP contribution < -0.4 is 4.90 Å². The molecule has 4 heteroatoms. The maximum Gasteiger partial charge on any atom is 0.137 e. The van der Waals surface area contributed by atoms with Gasteiger partial charge in [0, 0.05) is 28.7 Å². The van der Waals surface area contributed by atoms with Crippen molar-refractivity contribution in [3.63, 3.8) is 0 Å². The van der Waals surface area contributed by atoms with Crippen LogP contribution in [0.3, 0.4) is 0 Å². The minimum absolute atomic E-state index is 0.218. The zero-order chi connectivity index (χ0) is 26.4. The Morgan fingerprint density at radius 3 is 2.08 bits per heavy atom. The summed E-state index contributed by atoms with van der Waals surface area (Å²) in [4.78, 5) is 11.7. The molecule has 2 heterocycles. The zero-order valence-electron chi connectivity index (χ0n) is 21.4. The highest BCUT2D eigenvalue weighted by Gasteiger charge is 2.15. The standard InChI is InChI=1S/C35H27N3O/c39-34-21-20-27(23-26-11-3-1-4-12-26)24-31(34)33-18-10-17-32(37-33)28-13-9-16-30(25-28)38(29-14-5-2-6-15-29)35-19-7-8-22-36-35/h1-22,24-25,39H,23H2. The third-order valence-corrected chi connectivity index (χ3v) is 6.63. The van der Waals surface area contributed by atoms with Gasteiger partial charge in [-0.05, 0) is 78.2 Å². The van der Waals surface area contributed by atoms with Crippen LogP contribution in [0.15, 0.2) is 146 Å². The van der Waals surface area contributed by atoms with E-state index >= 15 is 0 Å². The smallest absolute Gasteiger partial charge is 0.137 e. The molecular formula is C35H27N3O. The maximum absolute atomic E-state index is 10.7. The van der Waals surface area contributed by atoms with Crippen LogP contribution >= 0.6 is 0 Å². The first-order valence-electron chi connectivity index (χ1n) is 12.9. The number of hydrogen-bond acceptors (Lipinski definition) is 4. The van der Waals surface area contributed by atoms with Crippen molar-refractivity contribution in [2.75, 3.05) is 4.90 Å². The predicted octanol–water partition coefficient (Wildman–Crippen LogP) is 8.58. The monoisotopic (exact) mass is 505 g/mol. The van der Waals surface area contributed by atoms with Crippen LogP contribution in [0.25, 0.3) is 22.5 Å². The van der Waals surface area contributed by atoms with E-state index in [4.69, 9.17) is 4.98 Å². The average molecular weight is 506 g/mol. The van der Waals surface area contributed by atoms with Gasteiger partial charge >= 0.3 is 0 Å². The Hall–Kier alpha value is -5.22. The molecule has 39 heavy (non-hydrogen) atoms. The van der Waals surface area contributed by atoms with E-state index in [-0.39, 0.29) is 5.75 Å². The van der Waals surface area contributed by atoms with E-state index in [2.05, 4.69) is 52.3 Å². The van der Waals surface area contributed by atoms with Gasteiger partial charge in [0.05, 0.1) is 11.4 Å². The van der Waals surface area contributed by atoms with Crippen molar-refractivity contribution in [2.24, 2.45) is 0 Å². The number of benzene rings is 4. The molecule has 0 spiro atoms. The zero-order valence-corrected chi connectivity index (χ0v) is 21.4. The molecular weight excluding hydrogens is 478 g/mol. The first-order chi connectivity index (χ1) is 19.2. The number of nitrogens with zero attached hydrogens (tertiary/aromatic N) is 3. The molecule has 0 aliphatic heterocycles. The Morgan fingerprint density at radius 2 is 1.28 bits per heavy atom. The summed E-state index contributed by atoms with van der Waals surface area (Å²) in [6.07, 6.45) is 2.59. The first kappa shape index (κ1) is 24.1. The van der Waals surface area contributed by atoms with Crippen LogP contribution in [0.1, 0.15) is 11.1 Å². The Balaban J connectivity index is 1.36. The second-order valence-electron chi connectivity index (χ2n) is 9.33. The lowest BCUT2D eigenvalue weighted by molar-refractivity contribution is 0.477. The van der Waals surface area contributed by atoms with Gasteiger partial charge < -0.3 is 5.11 Å². The molecule has 4 aromatic carbocycles. The molecule has 0 saturated carbocycles. The van der Waals surface area contributed by atoms with Gasteiger partial charge in [0.2, 0.25) is 0 Å². The van der Waals surface area contributed by atoms with Crippen LogP contribution in [0.5, 0.6) is 5.75 Å². The van der Waals surface area contributed by atoms with Gasteiger partial charge in [-0.1, -0.05) is 78.9 Å². The summed E-state index contributed by atoms with van der Waals surface area (Å²) in [5.74, 6) is 1.05. The van der Waals surface area contributed by atoms with E-state index in [0.29, 0.717) is 0 Å². The lowest BCUT2D eigenvalue weighted by atomic mass is 10.00. The van der Waals surface area contributed by atoms with Crippen molar-refractivity contribution in [3.05, 3.63) is 157 Å². The van der Waals surface area contributed by atoms with Gasteiger partial charge in [0.1, 0.15) is 11.6 Å². The molecule has 0 aliphatic carbocycles. The van der Waals surface area contributed by atoms with Gasteiger partial charge in [0.25, 0.3) is 0 Å². The first-order valence-corrected chi connectivity index (χ1v) is 12.9. The fourth-order valence-corrected chi connectivity index (χ4v) is 4.76. The highest BCUT2D eigenvalue weighted by molar-refractivity contribution is 5.78. The molecule has 2 aromatic heterocycles. The van der Waals surface area contributed by atoms with E-state index in [9.17, 15) is 5.11 Å². The molecule has 0 saturated heterocycles. The topological polar surface area (TPSA) is 49.2 Å². The third kappa shape index (κ3) is 5.41. The quantitative estimate of drug-likeness (QED) is 0.236. The Kier molecular flexibility index (Phi) is 6.83. The highest BCUT2D eigenvalue weighted by atomic mass is 16.3. The van der Waals surface area contributed by atoms with Crippen molar-refractivity contribution in [1.29, 1.82) is 0 Å². The second kappa shape index (κ2) is 11.0. The number of aromatic hydroxyl groups is 1. The van der Waals surface area contributed by atoms with Crippen LogP contribution in [-0.2, 0) is 6.42 Å². The second-order valence-corrected chi connectivity index (χ2v) is 9.33. The lowest BCUT2D eigenvalue weighted by Gasteiger charge is -2.24. The molecule has 0 bridgehead atoms. The third-order valence-electron chi connectivity index (χ3n) is 6.63. The summed E-state index contributed by atoms with van der Waals surface area (Å²) < 4.78 is 0. The van der Waals surface area contributed by atoms with E-state index in [1.54, 1.807) is 12.3 Å². The number of para-hydroxylation sites is 1. The van der Waals surface area contributed by atoms with Crippen molar-refractivity contribution in [3.8, 4) is 28.3 Å². The Morgan fingerprint density at radius 1 is 0.564 bits per heavy atom. The van der Waals surface area contributed by atoms with E-state index in [1.807, 2.05) is 91.0 Å². The fraction of sp³-hybridized carbons (Fsp3) is 0.0286. The number of pyridine rings is 2. The van der Waals surface area contributed by atoms with Gasteiger partial charge in [-0.15, -0.1) is 0 Å². The Labute approximate surface area is 228 Å². The fourth-order valence-electron chi connectivity index (χ4n) is 4.76. The molecule has 0 aliphatic rings. The van der Waals surface area contributed by atoms with Crippen molar-refractivity contribution >= 4 is 17.2 Å². The minimum Gasteiger partial charge on any atom is -0.507 e. The van der Waals surface area contributed by atoms with Crippen LogP contribution in [0.2, 0.25) is 0 Å². The predicted molar refractivity (Wildman–Crippen MR) is 158 cm³/mol. The summed E-state index contributed by atoms with van der Waals surface area (Å²) in [6, 6.07) is 46.4. The number of rotatable bonds is 7. The van der Waals surface area contributed by atoms with E-state index in [1.165, 1.54) is 5.56 Å². The molecule has 1 N–H and O–H groups in total.